The van der Waals surface area contributed by atoms with Crippen LogP contribution >= 0.6 is 0 Å². The summed E-state index contributed by atoms with van der Waals surface area (Å²) in [5.74, 6) is 0.568. The maximum Gasteiger partial charge on any atom is 0.416 e. The van der Waals surface area contributed by atoms with Gasteiger partial charge in [0.2, 0.25) is 0 Å². The summed E-state index contributed by atoms with van der Waals surface area (Å²) in [6, 6.07) is 22.0. The fraction of sp³-hybridized carbons (Fsp3) is 0.242. The molecule has 2 amide bonds. The van der Waals surface area contributed by atoms with Crippen LogP contribution in [0.25, 0.3) is 11.1 Å². The Morgan fingerprint density at radius 2 is 1.56 bits per heavy atom. The van der Waals surface area contributed by atoms with Crippen molar-refractivity contribution < 1.29 is 32.2 Å². The van der Waals surface area contributed by atoms with Crippen molar-refractivity contribution in [2.45, 2.75) is 45.9 Å². The van der Waals surface area contributed by atoms with E-state index in [1.807, 2.05) is 13.0 Å². The summed E-state index contributed by atoms with van der Waals surface area (Å²) in [6.45, 7) is 7.51. The Morgan fingerprint density at radius 3 is 2.21 bits per heavy atom. The van der Waals surface area contributed by atoms with Crippen molar-refractivity contribution in [1.29, 1.82) is 0 Å². The second-order valence-corrected chi connectivity index (χ2v) is 10.8. The number of nitrogens with one attached hydrogen (secondary N) is 2. The molecule has 0 aliphatic carbocycles. The number of benzene rings is 3. The van der Waals surface area contributed by atoms with Gasteiger partial charge in [0.05, 0.1) is 12.2 Å². The quantitative estimate of drug-likeness (QED) is 0.215. The predicted octanol–water partition coefficient (Wildman–Crippen LogP) is 8.30. The van der Waals surface area contributed by atoms with Crippen molar-refractivity contribution in [1.82, 2.24) is 4.98 Å². The van der Waals surface area contributed by atoms with Crippen molar-refractivity contribution in [2.75, 3.05) is 17.2 Å². The van der Waals surface area contributed by atoms with Crippen LogP contribution in [0.15, 0.2) is 84.9 Å². The van der Waals surface area contributed by atoms with Gasteiger partial charge in [-0.05, 0) is 93.4 Å². The molecule has 0 saturated carbocycles. The Kier molecular flexibility index (Phi) is 9.38. The number of carbonyl (C=O) groups is 2. The van der Waals surface area contributed by atoms with Crippen LogP contribution in [0.5, 0.6) is 5.75 Å². The topological polar surface area (TPSA) is 89.6 Å². The second-order valence-electron chi connectivity index (χ2n) is 10.8. The molecule has 0 aliphatic rings. The van der Waals surface area contributed by atoms with Crippen molar-refractivity contribution in [3.05, 3.63) is 107 Å². The number of alkyl halides is 3. The molecule has 0 saturated heterocycles. The minimum atomic E-state index is -4.44. The number of anilines is 2. The van der Waals surface area contributed by atoms with Crippen molar-refractivity contribution in [2.24, 2.45) is 0 Å². The average Bonchev–Trinajstić information content (AvgIpc) is 2.92. The number of aryl methyl sites for hydroxylation is 1. The fourth-order valence-corrected chi connectivity index (χ4v) is 4.14. The molecule has 7 nitrogen and oxygen atoms in total. The lowest BCUT2D eigenvalue weighted by Gasteiger charge is -2.19. The monoisotopic (exact) mass is 591 g/mol. The SMILES string of the molecule is Cc1ccc(C(=O)Nc2ccc(OCCc3cccc(NC(=O)OC(C)(C)C)n3)cc2)c(-c2ccc(C(F)(F)F)cc2)c1. The van der Waals surface area contributed by atoms with Gasteiger partial charge in [-0.1, -0.05) is 35.9 Å². The van der Waals surface area contributed by atoms with Gasteiger partial charge in [0.25, 0.3) is 5.91 Å². The Morgan fingerprint density at radius 1 is 0.860 bits per heavy atom. The van der Waals surface area contributed by atoms with E-state index in [1.165, 1.54) is 12.1 Å². The van der Waals surface area contributed by atoms with E-state index >= 15 is 0 Å². The Bertz CT molecular complexity index is 1580. The first-order chi connectivity index (χ1) is 20.3. The van der Waals surface area contributed by atoms with Crippen LogP contribution in [-0.2, 0) is 17.3 Å². The molecule has 224 valence electrons. The molecule has 0 radical (unpaired) electrons. The molecule has 1 heterocycles. The molecule has 10 heteroatoms. The molecule has 0 bridgehead atoms. The molecule has 0 spiro atoms. The summed E-state index contributed by atoms with van der Waals surface area (Å²) in [4.78, 5) is 29.6. The highest BCUT2D eigenvalue weighted by Crippen LogP contribution is 2.32. The first kappa shape index (κ1) is 31.1. The van der Waals surface area contributed by atoms with E-state index in [9.17, 15) is 22.8 Å². The van der Waals surface area contributed by atoms with E-state index in [2.05, 4.69) is 15.6 Å². The van der Waals surface area contributed by atoms with Crippen LogP contribution in [0.1, 0.15) is 48.0 Å². The molecule has 4 rings (SSSR count). The summed E-state index contributed by atoms with van der Waals surface area (Å²) >= 11 is 0. The lowest BCUT2D eigenvalue weighted by Crippen LogP contribution is -2.27. The third-order valence-corrected chi connectivity index (χ3v) is 6.12. The van der Waals surface area contributed by atoms with Gasteiger partial charge in [-0.3, -0.25) is 10.1 Å². The highest BCUT2D eigenvalue weighted by Gasteiger charge is 2.30. The first-order valence-corrected chi connectivity index (χ1v) is 13.6. The number of halogens is 3. The minimum absolute atomic E-state index is 0.328. The zero-order chi connectivity index (χ0) is 31.2. The number of pyridine rings is 1. The molecule has 0 atom stereocenters. The molecule has 0 unspecified atom stereocenters. The standard InChI is InChI=1S/C33H32F3N3O4/c1-21-8-17-27(28(20-21)22-9-11-23(12-10-22)33(34,35)36)30(40)38-25-13-15-26(16-14-25)42-19-18-24-6-5-7-29(37-24)39-31(41)43-32(2,3)4/h5-17,20H,18-19H2,1-4H3,(H,38,40)(H,37,39,41). The molecular weight excluding hydrogens is 559 g/mol. The van der Waals surface area contributed by atoms with Gasteiger partial charge in [0, 0.05) is 23.4 Å². The summed E-state index contributed by atoms with van der Waals surface area (Å²) in [7, 11) is 0. The highest BCUT2D eigenvalue weighted by atomic mass is 19.4. The fourth-order valence-electron chi connectivity index (χ4n) is 4.14. The molecule has 0 aliphatic heterocycles. The highest BCUT2D eigenvalue weighted by molar-refractivity contribution is 6.08. The average molecular weight is 592 g/mol. The molecule has 0 fully saturated rings. The predicted molar refractivity (Wildman–Crippen MR) is 159 cm³/mol. The van der Waals surface area contributed by atoms with Crippen LogP contribution in [0, 0.1) is 6.92 Å². The second kappa shape index (κ2) is 13.0. The smallest absolute Gasteiger partial charge is 0.416 e. The zero-order valence-electron chi connectivity index (χ0n) is 24.2. The maximum absolute atomic E-state index is 13.2. The molecule has 3 aromatic carbocycles. The number of carbonyl (C=O) groups excluding carboxylic acids is 2. The number of nitrogens with zero attached hydrogens (tertiary/aromatic N) is 1. The van der Waals surface area contributed by atoms with Crippen molar-refractivity contribution in [3.8, 4) is 16.9 Å². The van der Waals surface area contributed by atoms with Crippen molar-refractivity contribution in [3.63, 3.8) is 0 Å². The van der Waals surface area contributed by atoms with Gasteiger partial charge in [0.1, 0.15) is 17.2 Å². The largest absolute Gasteiger partial charge is 0.493 e. The van der Waals surface area contributed by atoms with Gasteiger partial charge < -0.3 is 14.8 Å². The molecule has 43 heavy (non-hydrogen) atoms. The van der Waals surface area contributed by atoms with Crippen LogP contribution < -0.4 is 15.4 Å². The van der Waals surface area contributed by atoms with E-state index in [4.69, 9.17) is 9.47 Å². The number of hydrogen-bond acceptors (Lipinski definition) is 5. The summed E-state index contributed by atoms with van der Waals surface area (Å²) < 4.78 is 50.1. The third kappa shape index (κ3) is 9.06. The Hall–Kier alpha value is -4.86. The lowest BCUT2D eigenvalue weighted by molar-refractivity contribution is -0.137. The van der Waals surface area contributed by atoms with E-state index in [0.29, 0.717) is 47.0 Å². The lowest BCUT2D eigenvalue weighted by atomic mass is 9.96. The van der Waals surface area contributed by atoms with Gasteiger partial charge >= 0.3 is 12.3 Å². The molecular formula is C33H32F3N3O4. The number of hydrogen-bond donors (Lipinski definition) is 2. The maximum atomic E-state index is 13.2. The number of amides is 2. The van der Waals surface area contributed by atoms with E-state index in [0.717, 1.165) is 23.4 Å². The molecule has 2 N–H and O–H groups in total. The third-order valence-electron chi connectivity index (χ3n) is 6.12. The van der Waals surface area contributed by atoms with Crippen LogP contribution in [0.2, 0.25) is 0 Å². The molecule has 1 aromatic heterocycles. The number of ether oxygens (including phenoxy) is 2. The zero-order valence-corrected chi connectivity index (χ0v) is 24.2. The summed E-state index contributed by atoms with van der Waals surface area (Å²) in [5.41, 5.74) is 2.12. The van der Waals surface area contributed by atoms with E-state index in [-0.39, 0.29) is 0 Å². The van der Waals surface area contributed by atoms with Crippen LogP contribution in [-0.4, -0.2) is 29.2 Å². The summed E-state index contributed by atoms with van der Waals surface area (Å²) in [6.07, 6.45) is -4.54. The van der Waals surface area contributed by atoms with Crippen LogP contribution in [0.4, 0.5) is 29.5 Å². The Labute approximate surface area is 248 Å². The van der Waals surface area contributed by atoms with Gasteiger partial charge in [-0.2, -0.15) is 13.2 Å². The van der Waals surface area contributed by atoms with Crippen molar-refractivity contribution >= 4 is 23.5 Å². The van der Waals surface area contributed by atoms with Gasteiger partial charge in [-0.25, -0.2) is 9.78 Å². The van der Waals surface area contributed by atoms with Gasteiger partial charge in [0.15, 0.2) is 0 Å². The van der Waals surface area contributed by atoms with Gasteiger partial charge in [-0.15, -0.1) is 0 Å². The number of aromatic nitrogens is 1. The van der Waals surface area contributed by atoms with E-state index < -0.39 is 29.3 Å². The normalized spacial score (nSPS) is 11.5. The first-order valence-electron chi connectivity index (χ1n) is 13.6. The van der Waals surface area contributed by atoms with Crippen LogP contribution in [0.3, 0.4) is 0 Å². The number of rotatable bonds is 8. The van der Waals surface area contributed by atoms with E-state index in [1.54, 1.807) is 75.4 Å². The Balaban J connectivity index is 1.35. The summed E-state index contributed by atoms with van der Waals surface area (Å²) in [5, 5.41) is 5.45. The molecule has 4 aromatic rings. The minimum Gasteiger partial charge on any atom is -0.493 e.